The van der Waals surface area contributed by atoms with Gasteiger partial charge in [0.1, 0.15) is 0 Å². The fourth-order valence-corrected chi connectivity index (χ4v) is 1.37. The van der Waals surface area contributed by atoms with Crippen molar-refractivity contribution in [2.45, 2.75) is 19.4 Å². The smallest absolute Gasteiger partial charge is 0.157 e. The maximum Gasteiger partial charge on any atom is 0.157 e. The number of allylic oxidation sites excluding steroid dienone is 2. The van der Waals surface area contributed by atoms with Crippen molar-refractivity contribution < 1.29 is 4.79 Å². The molecule has 0 spiro atoms. The van der Waals surface area contributed by atoms with E-state index >= 15 is 0 Å². The van der Waals surface area contributed by atoms with Gasteiger partial charge in [-0.25, -0.2) is 0 Å². The lowest BCUT2D eigenvalue weighted by atomic mass is 10.3. The van der Waals surface area contributed by atoms with Crippen LogP contribution in [0.15, 0.2) is 30.1 Å². The third kappa shape index (κ3) is 2.16. The predicted octanol–water partition coefficient (Wildman–Crippen LogP) is 0.813. The SMILES string of the molecule is O=C1C=C(NCc2cccnn2)CC1. The largest absolute Gasteiger partial charge is 0.383 e. The van der Waals surface area contributed by atoms with E-state index in [1.54, 1.807) is 12.3 Å². The highest BCUT2D eigenvalue weighted by molar-refractivity contribution is 5.92. The van der Waals surface area contributed by atoms with E-state index < -0.39 is 0 Å². The number of ketones is 1. The van der Waals surface area contributed by atoms with E-state index in [-0.39, 0.29) is 5.78 Å². The summed E-state index contributed by atoms with van der Waals surface area (Å²) in [5, 5.41) is 10.9. The number of hydrogen-bond acceptors (Lipinski definition) is 4. The summed E-state index contributed by atoms with van der Waals surface area (Å²) in [5.41, 5.74) is 1.88. The Morgan fingerprint density at radius 2 is 2.36 bits per heavy atom. The first kappa shape index (κ1) is 8.87. The van der Waals surface area contributed by atoms with Crippen LogP contribution < -0.4 is 5.32 Å². The number of hydrogen-bond donors (Lipinski definition) is 1. The molecule has 14 heavy (non-hydrogen) atoms. The fourth-order valence-electron chi connectivity index (χ4n) is 1.37. The van der Waals surface area contributed by atoms with Crippen molar-refractivity contribution in [3.05, 3.63) is 35.8 Å². The first-order valence-corrected chi connectivity index (χ1v) is 4.58. The Bertz CT molecular complexity index is 359. The highest BCUT2D eigenvalue weighted by Gasteiger charge is 2.10. The summed E-state index contributed by atoms with van der Waals surface area (Å²) in [7, 11) is 0. The molecule has 1 aliphatic rings. The van der Waals surface area contributed by atoms with Crippen molar-refractivity contribution in [1.29, 1.82) is 0 Å². The summed E-state index contributed by atoms with van der Waals surface area (Å²) in [6.45, 7) is 0.632. The molecule has 0 radical (unpaired) electrons. The Morgan fingerprint density at radius 3 is 3.00 bits per heavy atom. The van der Waals surface area contributed by atoms with Crippen LogP contribution in [0.3, 0.4) is 0 Å². The molecule has 0 amide bonds. The second-order valence-electron chi connectivity index (χ2n) is 3.20. The maximum atomic E-state index is 10.9. The average Bonchev–Trinajstić information content (AvgIpc) is 2.63. The maximum absolute atomic E-state index is 10.9. The van der Waals surface area contributed by atoms with Gasteiger partial charge in [-0.2, -0.15) is 10.2 Å². The van der Waals surface area contributed by atoms with Crippen molar-refractivity contribution in [3.63, 3.8) is 0 Å². The van der Waals surface area contributed by atoms with Gasteiger partial charge in [0.25, 0.3) is 0 Å². The number of carbonyl (C=O) groups is 1. The zero-order valence-electron chi connectivity index (χ0n) is 7.73. The quantitative estimate of drug-likeness (QED) is 0.764. The molecule has 0 aliphatic heterocycles. The van der Waals surface area contributed by atoms with Crippen LogP contribution in [0.5, 0.6) is 0 Å². The van der Waals surface area contributed by atoms with Crippen LogP contribution in [0.2, 0.25) is 0 Å². The van der Waals surface area contributed by atoms with Crippen LogP contribution in [0.1, 0.15) is 18.5 Å². The van der Waals surface area contributed by atoms with Gasteiger partial charge in [0, 0.05) is 24.4 Å². The molecule has 1 aromatic rings. The number of carbonyl (C=O) groups excluding carboxylic acids is 1. The molecule has 4 nitrogen and oxygen atoms in total. The second-order valence-corrected chi connectivity index (χ2v) is 3.20. The van der Waals surface area contributed by atoms with Crippen molar-refractivity contribution in [3.8, 4) is 0 Å². The van der Waals surface area contributed by atoms with Crippen molar-refractivity contribution >= 4 is 5.78 Å². The van der Waals surface area contributed by atoms with Gasteiger partial charge < -0.3 is 5.32 Å². The van der Waals surface area contributed by atoms with Crippen molar-refractivity contribution in [2.24, 2.45) is 0 Å². The zero-order chi connectivity index (χ0) is 9.80. The number of nitrogens with zero attached hydrogens (tertiary/aromatic N) is 2. The summed E-state index contributed by atoms with van der Waals surface area (Å²) in [6, 6.07) is 3.75. The molecule has 0 atom stereocenters. The van der Waals surface area contributed by atoms with Gasteiger partial charge in [-0.1, -0.05) is 0 Å². The van der Waals surface area contributed by atoms with Gasteiger partial charge in [-0.15, -0.1) is 0 Å². The molecule has 1 aliphatic carbocycles. The van der Waals surface area contributed by atoms with E-state index in [1.165, 1.54) is 0 Å². The van der Waals surface area contributed by atoms with Crippen LogP contribution in [0.4, 0.5) is 0 Å². The topological polar surface area (TPSA) is 54.9 Å². The molecule has 1 heterocycles. The minimum atomic E-state index is 0.201. The summed E-state index contributed by atoms with van der Waals surface area (Å²) >= 11 is 0. The fraction of sp³-hybridized carbons (Fsp3) is 0.300. The van der Waals surface area contributed by atoms with Crippen LogP contribution >= 0.6 is 0 Å². The van der Waals surface area contributed by atoms with Gasteiger partial charge in [-0.05, 0) is 18.6 Å². The third-order valence-corrected chi connectivity index (χ3v) is 2.10. The van der Waals surface area contributed by atoms with Crippen LogP contribution in [-0.4, -0.2) is 16.0 Å². The van der Waals surface area contributed by atoms with Crippen molar-refractivity contribution in [2.75, 3.05) is 0 Å². The molecule has 0 aromatic carbocycles. The Labute approximate surface area is 82.0 Å². The Kier molecular flexibility index (Phi) is 2.53. The Balaban J connectivity index is 1.89. The van der Waals surface area contributed by atoms with Crippen LogP contribution in [-0.2, 0) is 11.3 Å². The summed E-state index contributed by atoms with van der Waals surface area (Å²) in [5.74, 6) is 0.201. The molecule has 0 bridgehead atoms. The lowest BCUT2D eigenvalue weighted by Crippen LogP contribution is -2.12. The van der Waals surface area contributed by atoms with Gasteiger partial charge in [0.15, 0.2) is 5.78 Å². The van der Waals surface area contributed by atoms with Gasteiger partial charge in [0.05, 0.1) is 12.2 Å². The lowest BCUT2D eigenvalue weighted by Gasteiger charge is -2.04. The number of aromatic nitrogens is 2. The first-order valence-electron chi connectivity index (χ1n) is 4.58. The minimum absolute atomic E-state index is 0.201. The highest BCUT2D eigenvalue weighted by atomic mass is 16.1. The number of rotatable bonds is 3. The summed E-state index contributed by atoms with van der Waals surface area (Å²) in [4.78, 5) is 10.9. The Morgan fingerprint density at radius 1 is 1.43 bits per heavy atom. The van der Waals surface area contributed by atoms with Gasteiger partial charge in [-0.3, -0.25) is 4.79 Å². The van der Waals surface area contributed by atoms with Crippen molar-refractivity contribution in [1.82, 2.24) is 15.5 Å². The molecule has 2 rings (SSSR count). The molecule has 0 saturated carbocycles. The molecule has 0 fully saturated rings. The third-order valence-electron chi connectivity index (χ3n) is 2.10. The predicted molar refractivity (Wildman–Crippen MR) is 51.2 cm³/mol. The van der Waals surface area contributed by atoms with Gasteiger partial charge >= 0.3 is 0 Å². The molecular weight excluding hydrogens is 178 g/mol. The van der Waals surface area contributed by atoms with E-state index in [0.717, 1.165) is 17.8 Å². The van der Waals surface area contributed by atoms with E-state index in [1.807, 2.05) is 12.1 Å². The standard InChI is InChI=1S/C10H11N3O/c14-10-4-3-8(6-10)11-7-9-2-1-5-12-13-9/h1-2,5-6,11H,3-4,7H2. The normalized spacial score (nSPS) is 15.4. The molecule has 0 unspecified atom stereocenters. The molecule has 4 heteroatoms. The molecular formula is C10H11N3O. The van der Waals surface area contributed by atoms with Crippen LogP contribution in [0, 0.1) is 0 Å². The molecule has 1 N–H and O–H groups in total. The van der Waals surface area contributed by atoms with E-state index in [4.69, 9.17) is 0 Å². The molecule has 0 saturated heterocycles. The monoisotopic (exact) mass is 189 g/mol. The lowest BCUT2D eigenvalue weighted by molar-refractivity contribution is -0.114. The highest BCUT2D eigenvalue weighted by Crippen LogP contribution is 2.11. The minimum Gasteiger partial charge on any atom is -0.383 e. The zero-order valence-corrected chi connectivity index (χ0v) is 7.73. The Hall–Kier alpha value is -1.71. The number of nitrogens with one attached hydrogen (secondary N) is 1. The average molecular weight is 189 g/mol. The summed E-state index contributed by atoms with van der Waals surface area (Å²) < 4.78 is 0. The van der Waals surface area contributed by atoms with E-state index in [0.29, 0.717) is 13.0 Å². The van der Waals surface area contributed by atoms with Gasteiger partial charge in [0.2, 0.25) is 0 Å². The first-order chi connectivity index (χ1) is 6.84. The van der Waals surface area contributed by atoms with E-state index in [2.05, 4.69) is 15.5 Å². The summed E-state index contributed by atoms with van der Waals surface area (Å²) in [6.07, 6.45) is 4.75. The second kappa shape index (κ2) is 4.00. The van der Waals surface area contributed by atoms with E-state index in [9.17, 15) is 4.79 Å². The van der Waals surface area contributed by atoms with Crippen LogP contribution in [0.25, 0.3) is 0 Å². The molecule has 72 valence electrons. The molecule has 1 aromatic heterocycles.